The molecule has 0 N–H and O–H groups in total. The molecule has 0 saturated carbocycles. The molecule has 3 fully saturated rings. The molecule has 0 aliphatic carbocycles. The maximum Gasteiger partial charge on any atom is 0.120 e. The Labute approximate surface area is 115 Å². The Bertz CT molecular complexity index is 304. The molecule has 0 aromatic rings. The highest BCUT2D eigenvalue weighted by molar-refractivity contribution is 5.03. The van der Waals surface area contributed by atoms with Gasteiger partial charge in [-0.15, -0.1) is 0 Å². The summed E-state index contributed by atoms with van der Waals surface area (Å²) in [5.41, 5.74) is 0. The average molecular weight is 267 g/mol. The van der Waals surface area contributed by atoms with Gasteiger partial charge in [-0.25, -0.2) is 0 Å². The predicted molar refractivity (Wildman–Crippen MR) is 73.7 cm³/mol. The molecule has 3 aliphatic heterocycles. The normalized spacial score (nSPS) is 26.1. The molecule has 0 spiro atoms. The number of ether oxygens (including phenoxy) is 2. The Balaban J connectivity index is 1.71. The fourth-order valence-corrected chi connectivity index (χ4v) is 2.97. The Morgan fingerprint density at radius 1 is 0.684 bits per heavy atom. The summed E-state index contributed by atoms with van der Waals surface area (Å²) in [5, 5.41) is 0. The smallest absolute Gasteiger partial charge is 0.120 e. The lowest BCUT2D eigenvalue weighted by Gasteiger charge is -2.38. The third kappa shape index (κ3) is 3.34. The fraction of sp³-hybridized carbons (Fsp3) is 0.857. The van der Waals surface area contributed by atoms with Crippen molar-refractivity contribution in [3.05, 3.63) is 12.0 Å². The molecule has 19 heavy (non-hydrogen) atoms. The molecule has 0 radical (unpaired) electrons. The van der Waals surface area contributed by atoms with E-state index in [4.69, 9.17) is 9.47 Å². The maximum atomic E-state index is 5.48. The van der Waals surface area contributed by atoms with Crippen molar-refractivity contribution < 1.29 is 9.47 Å². The Kier molecular flexibility index (Phi) is 4.45. The molecule has 3 aliphatic rings. The second kappa shape index (κ2) is 6.48. The molecule has 0 bridgehead atoms. The molecule has 0 unspecified atom stereocenters. The average Bonchev–Trinajstić information content (AvgIpc) is 3.01. The lowest BCUT2D eigenvalue weighted by molar-refractivity contribution is 0.0332. The van der Waals surface area contributed by atoms with E-state index in [1.165, 1.54) is 31.8 Å². The first-order valence-corrected chi connectivity index (χ1v) is 7.55. The number of nitrogens with zero attached hydrogens (tertiary/aromatic N) is 3. The van der Waals surface area contributed by atoms with Gasteiger partial charge in [0.15, 0.2) is 0 Å². The van der Waals surface area contributed by atoms with E-state index in [1.807, 2.05) is 0 Å². The third-order valence-corrected chi connectivity index (χ3v) is 4.11. The maximum absolute atomic E-state index is 5.48. The second-order valence-electron chi connectivity index (χ2n) is 5.43. The van der Waals surface area contributed by atoms with Crippen molar-refractivity contribution in [2.45, 2.75) is 12.8 Å². The van der Waals surface area contributed by atoms with Crippen LogP contribution in [0, 0.1) is 0 Å². The summed E-state index contributed by atoms with van der Waals surface area (Å²) in [5.74, 6) is 1.41. The predicted octanol–water partition coefficient (Wildman–Crippen LogP) is 0.546. The molecule has 0 aromatic carbocycles. The summed E-state index contributed by atoms with van der Waals surface area (Å²) < 4.78 is 10.9. The topological polar surface area (TPSA) is 28.2 Å². The number of likely N-dealkylation sites (tertiary alicyclic amines) is 1. The van der Waals surface area contributed by atoms with E-state index in [2.05, 4.69) is 20.9 Å². The van der Waals surface area contributed by atoms with Crippen LogP contribution < -0.4 is 0 Å². The van der Waals surface area contributed by atoms with E-state index in [9.17, 15) is 0 Å². The van der Waals surface area contributed by atoms with Gasteiger partial charge in [0.25, 0.3) is 0 Å². The first-order chi connectivity index (χ1) is 9.43. The standard InChI is InChI=1S/C14H25N3O2/c1-2-4-16(3-1)14(17-7-11-19-12-8-17)13-15-5-9-18-10-6-15/h13H,1-12H2/b14-13-. The van der Waals surface area contributed by atoms with Crippen LogP contribution in [0.25, 0.3) is 0 Å². The van der Waals surface area contributed by atoms with Crippen LogP contribution in [0.5, 0.6) is 0 Å². The minimum Gasteiger partial charge on any atom is -0.378 e. The highest BCUT2D eigenvalue weighted by atomic mass is 16.5. The van der Waals surface area contributed by atoms with E-state index in [-0.39, 0.29) is 0 Å². The zero-order valence-corrected chi connectivity index (χ0v) is 11.7. The summed E-state index contributed by atoms with van der Waals surface area (Å²) in [6, 6.07) is 0. The first kappa shape index (κ1) is 13.1. The number of rotatable bonds is 3. The van der Waals surface area contributed by atoms with Gasteiger partial charge < -0.3 is 24.2 Å². The molecular weight excluding hydrogens is 242 g/mol. The van der Waals surface area contributed by atoms with Crippen LogP contribution in [0.15, 0.2) is 12.0 Å². The van der Waals surface area contributed by atoms with Gasteiger partial charge in [0.2, 0.25) is 0 Å². The summed E-state index contributed by atoms with van der Waals surface area (Å²) in [6.07, 6.45) is 5.01. The first-order valence-electron chi connectivity index (χ1n) is 7.55. The van der Waals surface area contributed by atoms with Gasteiger partial charge in [0, 0.05) is 45.5 Å². The minimum absolute atomic E-state index is 0.854. The van der Waals surface area contributed by atoms with Crippen molar-refractivity contribution in [1.82, 2.24) is 14.7 Å². The minimum atomic E-state index is 0.854. The van der Waals surface area contributed by atoms with Crippen LogP contribution in [-0.4, -0.2) is 80.4 Å². The molecule has 0 atom stereocenters. The molecule has 3 saturated heterocycles. The van der Waals surface area contributed by atoms with E-state index >= 15 is 0 Å². The van der Waals surface area contributed by atoms with Gasteiger partial charge in [0.05, 0.1) is 26.4 Å². The van der Waals surface area contributed by atoms with Gasteiger partial charge in [-0.2, -0.15) is 0 Å². The molecule has 5 nitrogen and oxygen atoms in total. The molecule has 0 aromatic heterocycles. The quantitative estimate of drug-likeness (QED) is 0.744. The Morgan fingerprint density at radius 3 is 1.84 bits per heavy atom. The van der Waals surface area contributed by atoms with Crippen molar-refractivity contribution in [1.29, 1.82) is 0 Å². The zero-order valence-electron chi connectivity index (χ0n) is 11.7. The SMILES string of the molecule is C(=C(\N1CCCC1)N1CCOCC1)/N1CCOCC1. The summed E-state index contributed by atoms with van der Waals surface area (Å²) in [6.45, 7) is 9.89. The van der Waals surface area contributed by atoms with Gasteiger partial charge in [-0.05, 0) is 12.8 Å². The second-order valence-corrected chi connectivity index (χ2v) is 5.43. The van der Waals surface area contributed by atoms with Gasteiger partial charge in [-0.3, -0.25) is 0 Å². The van der Waals surface area contributed by atoms with Crippen molar-refractivity contribution in [3.8, 4) is 0 Å². The number of hydrogen-bond acceptors (Lipinski definition) is 5. The summed E-state index contributed by atoms with van der Waals surface area (Å²) in [4.78, 5) is 7.44. The lowest BCUT2D eigenvalue weighted by atomic mass is 10.3. The lowest BCUT2D eigenvalue weighted by Crippen LogP contribution is -2.43. The van der Waals surface area contributed by atoms with Crippen molar-refractivity contribution >= 4 is 0 Å². The summed E-state index contributed by atoms with van der Waals surface area (Å²) >= 11 is 0. The van der Waals surface area contributed by atoms with Crippen LogP contribution in [-0.2, 0) is 9.47 Å². The van der Waals surface area contributed by atoms with Crippen LogP contribution in [0.2, 0.25) is 0 Å². The van der Waals surface area contributed by atoms with E-state index in [1.54, 1.807) is 0 Å². The van der Waals surface area contributed by atoms with E-state index in [0.29, 0.717) is 0 Å². The third-order valence-electron chi connectivity index (χ3n) is 4.11. The molecule has 5 heteroatoms. The van der Waals surface area contributed by atoms with Gasteiger partial charge in [-0.1, -0.05) is 0 Å². The van der Waals surface area contributed by atoms with Crippen molar-refractivity contribution in [2.75, 3.05) is 65.7 Å². The molecule has 3 rings (SSSR count). The highest BCUT2D eigenvalue weighted by Crippen LogP contribution is 2.20. The Morgan fingerprint density at radius 2 is 1.21 bits per heavy atom. The molecule has 108 valence electrons. The van der Waals surface area contributed by atoms with Crippen molar-refractivity contribution in [2.24, 2.45) is 0 Å². The van der Waals surface area contributed by atoms with Crippen LogP contribution in [0.3, 0.4) is 0 Å². The highest BCUT2D eigenvalue weighted by Gasteiger charge is 2.23. The largest absolute Gasteiger partial charge is 0.378 e. The van der Waals surface area contributed by atoms with Crippen LogP contribution in [0.4, 0.5) is 0 Å². The number of hydrogen-bond donors (Lipinski definition) is 0. The zero-order chi connectivity index (χ0) is 12.9. The van der Waals surface area contributed by atoms with Crippen LogP contribution >= 0.6 is 0 Å². The molecule has 3 heterocycles. The molecule has 0 amide bonds. The summed E-state index contributed by atoms with van der Waals surface area (Å²) in [7, 11) is 0. The van der Waals surface area contributed by atoms with Gasteiger partial charge >= 0.3 is 0 Å². The molecular formula is C14H25N3O2. The van der Waals surface area contributed by atoms with Gasteiger partial charge in [0.1, 0.15) is 5.82 Å². The van der Waals surface area contributed by atoms with Crippen LogP contribution in [0.1, 0.15) is 12.8 Å². The van der Waals surface area contributed by atoms with E-state index in [0.717, 1.165) is 52.6 Å². The Hall–Kier alpha value is -0.940. The fourth-order valence-electron chi connectivity index (χ4n) is 2.97. The number of morpholine rings is 2. The van der Waals surface area contributed by atoms with Crippen molar-refractivity contribution in [3.63, 3.8) is 0 Å². The monoisotopic (exact) mass is 267 g/mol. The van der Waals surface area contributed by atoms with E-state index < -0.39 is 0 Å².